The fourth-order valence-electron chi connectivity index (χ4n) is 2.58. The number of piperidine rings is 1. The van der Waals surface area contributed by atoms with Crippen molar-refractivity contribution in [3.8, 4) is 0 Å². The van der Waals surface area contributed by atoms with Crippen LogP contribution in [0.15, 0.2) is 24.3 Å². The van der Waals surface area contributed by atoms with Gasteiger partial charge in [0, 0.05) is 24.5 Å². The summed E-state index contributed by atoms with van der Waals surface area (Å²) in [5.41, 5.74) is 1.99. The molecule has 0 bridgehead atoms. The second-order valence-electron chi connectivity index (χ2n) is 4.92. The molecule has 2 rings (SSSR count). The molecular formula is C15H20ClNO. The van der Waals surface area contributed by atoms with E-state index in [-0.39, 0.29) is 5.91 Å². The summed E-state index contributed by atoms with van der Waals surface area (Å²) in [6, 6.07) is 7.91. The van der Waals surface area contributed by atoms with Gasteiger partial charge in [0.2, 0.25) is 0 Å². The van der Waals surface area contributed by atoms with Gasteiger partial charge in [-0.3, -0.25) is 4.79 Å². The quantitative estimate of drug-likeness (QED) is 0.768. The monoisotopic (exact) mass is 265 g/mol. The Morgan fingerprint density at radius 2 is 2.22 bits per heavy atom. The molecule has 1 atom stereocenters. The van der Waals surface area contributed by atoms with Crippen molar-refractivity contribution in [3.05, 3.63) is 35.4 Å². The molecule has 1 unspecified atom stereocenters. The van der Waals surface area contributed by atoms with Gasteiger partial charge in [0.05, 0.1) is 0 Å². The fraction of sp³-hybridized carbons (Fsp3) is 0.533. The van der Waals surface area contributed by atoms with Crippen LogP contribution in [-0.2, 0) is 6.42 Å². The average Bonchev–Trinajstić information content (AvgIpc) is 2.46. The number of benzene rings is 1. The zero-order chi connectivity index (χ0) is 13.0. The summed E-state index contributed by atoms with van der Waals surface area (Å²) in [7, 11) is 0. The van der Waals surface area contributed by atoms with Crippen LogP contribution in [-0.4, -0.2) is 29.8 Å². The van der Waals surface area contributed by atoms with Crippen molar-refractivity contribution in [2.24, 2.45) is 5.92 Å². The summed E-state index contributed by atoms with van der Waals surface area (Å²) in [5, 5.41) is 0. The third-order valence-electron chi connectivity index (χ3n) is 3.65. The number of nitrogens with zero attached hydrogens (tertiary/aromatic N) is 1. The standard InChI is InChI=1S/C15H20ClNO/c1-2-13-7-3-4-8-14(13)15(18)17-9-5-6-12(10-16)11-17/h3-4,7-8,12H,2,5-6,9-11H2,1H3. The first-order valence-electron chi connectivity index (χ1n) is 6.69. The molecule has 18 heavy (non-hydrogen) atoms. The summed E-state index contributed by atoms with van der Waals surface area (Å²) in [6.07, 6.45) is 3.11. The van der Waals surface area contributed by atoms with Crippen LogP contribution in [0.4, 0.5) is 0 Å². The van der Waals surface area contributed by atoms with Gasteiger partial charge in [-0.2, -0.15) is 0 Å². The molecule has 3 heteroatoms. The highest BCUT2D eigenvalue weighted by Crippen LogP contribution is 2.21. The zero-order valence-electron chi connectivity index (χ0n) is 10.9. The molecule has 1 saturated heterocycles. The zero-order valence-corrected chi connectivity index (χ0v) is 11.6. The van der Waals surface area contributed by atoms with Gasteiger partial charge in [0.15, 0.2) is 0 Å². The molecule has 1 fully saturated rings. The van der Waals surface area contributed by atoms with E-state index in [1.54, 1.807) is 0 Å². The lowest BCUT2D eigenvalue weighted by molar-refractivity contribution is 0.0684. The van der Waals surface area contributed by atoms with E-state index in [9.17, 15) is 4.79 Å². The highest BCUT2D eigenvalue weighted by Gasteiger charge is 2.24. The highest BCUT2D eigenvalue weighted by molar-refractivity contribution is 6.18. The van der Waals surface area contributed by atoms with Crippen LogP contribution in [0.2, 0.25) is 0 Å². The Hall–Kier alpha value is -1.02. The average molecular weight is 266 g/mol. The van der Waals surface area contributed by atoms with Crippen LogP contribution in [0.25, 0.3) is 0 Å². The van der Waals surface area contributed by atoms with Crippen molar-refractivity contribution in [3.63, 3.8) is 0 Å². The molecule has 1 aromatic carbocycles. The summed E-state index contributed by atoms with van der Waals surface area (Å²) >= 11 is 5.92. The van der Waals surface area contributed by atoms with E-state index in [2.05, 4.69) is 6.92 Å². The lowest BCUT2D eigenvalue weighted by Crippen LogP contribution is -2.40. The van der Waals surface area contributed by atoms with Crippen LogP contribution >= 0.6 is 11.6 Å². The van der Waals surface area contributed by atoms with Gasteiger partial charge in [0.25, 0.3) is 5.91 Å². The van der Waals surface area contributed by atoms with E-state index in [4.69, 9.17) is 11.6 Å². The number of hydrogen-bond acceptors (Lipinski definition) is 1. The van der Waals surface area contributed by atoms with Gasteiger partial charge in [-0.15, -0.1) is 11.6 Å². The van der Waals surface area contributed by atoms with E-state index in [1.165, 1.54) is 0 Å². The van der Waals surface area contributed by atoms with Gasteiger partial charge >= 0.3 is 0 Å². The first-order valence-corrected chi connectivity index (χ1v) is 7.22. The van der Waals surface area contributed by atoms with Crippen molar-refractivity contribution < 1.29 is 4.79 Å². The van der Waals surface area contributed by atoms with E-state index in [0.717, 1.165) is 43.5 Å². The number of likely N-dealkylation sites (tertiary alicyclic amines) is 1. The van der Waals surface area contributed by atoms with Gasteiger partial charge in [0.1, 0.15) is 0 Å². The SMILES string of the molecule is CCc1ccccc1C(=O)N1CCCC(CCl)C1. The first-order chi connectivity index (χ1) is 8.76. The van der Waals surface area contributed by atoms with Crippen LogP contribution < -0.4 is 0 Å². The number of aryl methyl sites for hydroxylation is 1. The Labute approximate surface area is 114 Å². The number of halogens is 1. The topological polar surface area (TPSA) is 20.3 Å². The third-order valence-corrected chi connectivity index (χ3v) is 4.09. The molecule has 1 amide bonds. The second kappa shape index (κ2) is 6.24. The summed E-state index contributed by atoms with van der Waals surface area (Å²) < 4.78 is 0. The van der Waals surface area contributed by atoms with Crippen molar-refractivity contribution in [2.75, 3.05) is 19.0 Å². The summed E-state index contributed by atoms with van der Waals surface area (Å²) in [4.78, 5) is 14.5. The fourth-order valence-corrected chi connectivity index (χ4v) is 2.83. The number of carbonyl (C=O) groups excluding carboxylic acids is 1. The van der Waals surface area contributed by atoms with Crippen LogP contribution in [0.1, 0.15) is 35.7 Å². The van der Waals surface area contributed by atoms with E-state index in [1.807, 2.05) is 29.2 Å². The molecule has 1 aliphatic rings. The number of amides is 1. The molecule has 0 N–H and O–H groups in total. The van der Waals surface area contributed by atoms with Crippen LogP contribution in [0, 0.1) is 5.92 Å². The van der Waals surface area contributed by atoms with Crippen LogP contribution in [0.3, 0.4) is 0 Å². The Kier molecular flexibility index (Phi) is 4.65. The first kappa shape index (κ1) is 13.4. The van der Waals surface area contributed by atoms with Crippen molar-refractivity contribution in [1.29, 1.82) is 0 Å². The summed E-state index contributed by atoms with van der Waals surface area (Å²) in [5.74, 6) is 1.28. The molecule has 98 valence electrons. The Morgan fingerprint density at radius 3 is 2.94 bits per heavy atom. The number of alkyl halides is 1. The van der Waals surface area contributed by atoms with E-state index >= 15 is 0 Å². The van der Waals surface area contributed by atoms with Gasteiger partial charge in [-0.05, 0) is 36.8 Å². The second-order valence-corrected chi connectivity index (χ2v) is 5.23. The predicted molar refractivity (Wildman–Crippen MR) is 75.2 cm³/mol. The molecule has 0 saturated carbocycles. The van der Waals surface area contributed by atoms with Gasteiger partial charge < -0.3 is 4.90 Å². The molecule has 0 radical (unpaired) electrons. The van der Waals surface area contributed by atoms with E-state index < -0.39 is 0 Å². The lowest BCUT2D eigenvalue weighted by atomic mass is 9.98. The number of carbonyl (C=O) groups is 1. The predicted octanol–water partition coefficient (Wildman–Crippen LogP) is 3.34. The number of hydrogen-bond donors (Lipinski definition) is 0. The van der Waals surface area contributed by atoms with Crippen molar-refractivity contribution >= 4 is 17.5 Å². The van der Waals surface area contributed by atoms with E-state index in [0.29, 0.717) is 11.8 Å². The molecule has 1 heterocycles. The maximum Gasteiger partial charge on any atom is 0.254 e. The normalized spacial score (nSPS) is 19.9. The molecule has 0 aromatic heterocycles. The Morgan fingerprint density at radius 1 is 1.44 bits per heavy atom. The Bertz CT molecular complexity index is 419. The largest absolute Gasteiger partial charge is 0.338 e. The lowest BCUT2D eigenvalue weighted by Gasteiger charge is -2.32. The maximum atomic E-state index is 12.5. The molecule has 2 nitrogen and oxygen atoms in total. The smallest absolute Gasteiger partial charge is 0.254 e. The highest BCUT2D eigenvalue weighted by atomic mass is 35.5. The molecule has 0 aliphatic carbocycles. The summed E-state index contributed by atoms with van der Waals surface area (Å²) in [6.45, 7) is 3.76. The third kappa shape index (κ3) is 2.86. The Balaban J connectivity index is 2.15. The molecular weight excluding hydrogens is 246 g/mol. The molecule has 1 aliphatic heterocycles. The minimum atomic E-state index is 0.169. The minimum absolute atomic E-state index is 0.169. The molecule has 1 aromatic rings. The maximum absolute atomic E-state index is 12.5. The number of rotatable bonds is 3. The van der Waals surface area contributed by atoms with Gasteiger partial charge in [-0.1, -0.05) is 25.1 Å². The van der Waals surface area contributed by atoms with Gasteiger partial charge in [-0.25, -0.2) is 0 Å². The van der Waals surface area contributed by atoms with Crippen molar-refractivity contribution in [1.82, 2.24) is 4.90 Å². The van der Waals surface area contributed by atoms with Crippen molar-refractivity contribution in [2.45, 2.75) is 26.2 Å². The van der Waals surface area contributed by atoms with Crippen LogP contribution in [0.5, 0.6) is 0 Å². The minimum Gasteiger partial charge on any atom is -0.338 e. The molecule has 0 spiro atoms.